The van der Waals surface area contributed by atoms with Crippen LogP contribution in [0.2, 0.25) is 0 Å². The van der Waals surface area contributed by atoms with Crippen molar-refractivity contribution in [3.63, 3.8) is 0 Å². The molecule has 5 aromatic rings. The van der Waals surface area contributed by atoms with E-state index in [1.54, 1.807) is 18.2 Å². The summed E-state index contributed by atoms with van der Waals surface area (Å²) in [6.45, 7) is 0. The number of hydrogen-bond donors (Lipinski definition) is 2. The highest BCUT2D eigenvalue weighted by Crippen LogP contribution is 2.28. The van der Waals surface area contributed by atoms with Gasteiger partial charge in [0.25, 0.3) is 11.5 Å². The number of nitrogens with one attached hydrogen (secondary N) is 2. The van der Waals surface area contributed by atoms with Gasteiger partial charge in [0.2, 0.25) is 11.7 Å². The van der Waals surface area contributed by atoms with E-state index in [9.17, 15) is 9.59 Å². The number of aromatic nitrogens is 5. The smallest absolute Gasteiger partial charge is 0.279 e. The molecule has 0 fully saturated rings. The molecule has 0 saturated heterocycles. The fourth-order valence-electron chi connectivity index (χ4n) is 3.80. The number of amides is 1. The number of fused-ring (bicyclic) bond motifs is 1. The molecule has 1 aliphatic rings. The Kier molecular flexibility index (Phi) is 4.54. The molecule has 0 radical (unpaired) electrons. The molecule has 164 valence electrons. The summed E-state index contributed by atoms with van der Waals surface area (Å²) in [6.07, 6.45) is 3.85. The van der Waals surface area contributed by atoms with Crippen LogP contribution in [0, 0.1) is 0 Å². The predicted molar refractivity (Wildman–Crippen MR) is 119 cm³/mol. The average Bonchev–Trinajstić information content (AvgIpc) is 3.62. The summed E-state index contributed by atoms with van der Waals surface area (Å²) in [4.78, 5) is 33.8. The van der Waals surface area contributed by atoms with E-state index < -0.39 is 5.91 Å². The molecular weight excluding hydrogens is 444 g/mol. The normalized spacial score (nSPS) is 12.7. The van der Waals surface area contributed by atoms with Gasteiger partial charge in [-0.15, -0.1) is 11.3 Å². The Morgan fingerprint density at radius 3 is 2.94 bits per heavy atom. The van der Waals surface area contributed by atoms with Crippen molar-refractivity contribution in [3.05, 3.63) is 75.3 Å². The van der Waals surface area contributed by atoms with Gasteiger partial charge in [0.05, 0.1) is 16.8 Å². The highest BCUT2D eigenvalue weighted by atomic mass is 32.1. The molecule has 1 amide bonds. The Labute approximate surface area is 189 Å². The summed E-state index contributed by atoms with van der Waals surface area (Å²) < 4.78 is 11.9. The largest absolute Gasteiger partial charge is 0.461 e. The second kappa shape index (κ2) is 7.71. The van der Waals surface area contributed by atoms with Crippen LogP contribution >= 0.6 is 11.3 Å². The third-order valence-electron chi connectivity index (χ3n) is 5.36. The zero-order valence-corrected chi connectivity index (χ0v) is 17.9. The van der Waals surface area contributed by atoms with Crippen LogP contribution in [0.15, 0.2) is 61.8 Å². The van der Waals surface area contributed by atoms with Gasteiger partial charge >= 0.3 is 0 Å². The number of aromatic amines is 1. The molecule has 0 spiro atoms. The first kappa shape index (κ1) is 19.4. The first-order valence-electron chi connectivity index (χ1n) is 10.2. The van der Waals surface area contributed by atoms with E-state index in [0.717, 1.165) is 23.4 Å². The molecule has 1 aliphatic carbocycles. The lowest BCUT2D eigenvalue weighted by molar-refractivity contribution is 0.101. The number of furan rings is 1. The molecule has 0 bridgehead atoms. The number of thiophene rings is 1. The van der Waals surface area contributed by atoms with Crippen LogP contribution in [-0.4, -0.2) is 30.8 Å². The topological polar surface area (TPSA) is 132 Å². The van der Waals surface area contributed by atoms with Gasteiger partial charge < -0.3 is 14.3 Å². The van der Waals surface area contributed by atoms with Crippen molar-refractivity contribution < 1.29 is 13.7 Å². The van der Waals surface area contributed by atoms with Gasteiger partial charge in [-0.1, -0.05) is 11.2 Å². The Bertz CT molecular complexity index is 1510. The summed E-state index contributed by atoms with van der Waals surface area (Å²) >= 11 is 1.51. The zero-order chi connectivity index (χ0) is 22.4. The zero-order valence-electron chi connectivity index (χ0n) is 17.1. The maximum atomic E-state index is 12.9. The van der Waals surface area contributed by atoms with Crippen LogP contribution in [0.1, 0.15) is 28.2 Å². The summed E-state index contributed by atoms with van der Waals surface area (Å²) in [7, 11) is 0. The van der Waals surface area contributed by atoms with E-state index in [-0.39, 0.29) is 17.2 Å². The van der Waals surface area contributed by atoms with Crippen molar-refractivity contribution >= 4 is 23.1 Å². The maximum Gasteiger partial charge on any atom is 0.279 e. The van der Waals surface area contributed by atoms with Gasteiger partial charge in [-0.2, -0.15) is 9.78 Å². The third-order valence-corrected chi connectivity index (χ3v) is 6.25. The predicted octanol–water partition coefficient (Wildman–Crippen LogP) is 3.67. The van der Waals surface area contributed by atoms with Gasteiger partial charge in [-0.25, -0.2) is 4.98 Å². The summed E-state index contributed by atoms with van der Waals surface area (Å²) in [5.74, 6) is 0.884. The fraction of sp³-hybridized carbons (Fsp3) is 0.136. The molecule has 0 unspecified atom stereocenters. The van der Waals surface area contributed by atoms with Crippen molar-refractivity contribution in [1.82, 2.24) is 24.9 Å². The minimum absolute atomic E-state index is 0.0715. The number of rotatable bonds is 5. The molecule has 0 aromatic carbocycles. The van der Waals surface area contributed by atoms with E-state index in [1.807, 2.05) is 17.5 Å². The first-order valence-corrected chi connectivity index (χ1v) is 11.1. The van der Waals surface area contributed by atoms with E-state index in [4.69, 9.17) is 8.94 Å². The molecule has 0 aliphatic heterocycles. The second-order valence-corrected chi connectivity index (χ2v) is 8.43. The van der Waals surface area contributed by atoms with Crippen molar-refractivity contribution in [2.24, 2.45) is 0 Å². The molecule has 0 saturated carbocycles. The van der Waals surface area contributed by atoms with E-state index in [2.05, 4.69) is 25.5 Å². The van der Waals surface area contributed by atoms with Crippen LogP contribution in [0.5, 0.6) is 0 Å². The van der Waals surface area contributed by atoms with Crippen molar-refractivity contribution in [2.75, 3.05) is 5.32 Å². The summed E-state index contributed by atoms with van der Waals surface area (Å²) in [5.41, 5.74) is 2.00. The van der Waals surface area contributed by atoms with E-state index in [0.29, 0.717) is 35.0 Å². The number of hydrogen-bond acceptors (Lipinski definition) is 8. The van der Waals surface area contributed by atoms with E-state index >= 15 is 0 Å². The van der Waals surface area contributed by atoms with Crippen LogP contribution in [0.3, 0.4) is 0 Å². The summed E-state index contributed by atoms with van der Waals surface area (Å²) in [5, 5.41) is 13.2. The Morgan fingerprint density at radius 2 is 2.12 bits per heavy atom. The Morgan fingerprint density at radius 1 is 1.18 bits per heavy atom. The highest BCUT2D eigenvalue weighted by molar-refractivity contribution is 7.13. The molecule has 33 heavy (non-hydrogen) atoms. The number of aryl methyl sites for hydroxylation is 1. The molecule has 5 heterocycles. The van der Waals surface area contributed by atoms with Crippen molar-refractivity contribution in [1.29, 1.82) is 0 Å². The molecule has 11 heteroatoms. The van der Waals surface area contributed by atoms with Gasteiger partial charge in [-0.05, 0) is 42.8 Å². The Hall–Kier alpha value is -4.25. The first-order chi connectivity index (χ1) is 16.2. The molecular formula is C22H16N6O4S. The highest BCUT2D eigenvalue weighted by Gasteiger charge is 2.22. The standard InChI is InChI=1S/C22H16N6O4S/c29-20-12-4-1-5-13(12)23-22(25-20)28-19(11-14(26-28)18-7-3-9-33-18)24-21(30)15-10-17(32-27-15)16-6-2-8-31-16/h2-3,6-11H,1,4-5H2,(H,24,30)(H,23,25,29). The lowest BCUT2D eigenvalue weighted by Gasteiger charge is -2.08. The molecule has 2 N–H and O–H groups in total. The van der Waals surface area contributed by atoms with Crippen LogP contribution < -0.4 is 10.9 Å². The molecule has 0 atom stereocenters. The monoisotopic (exact) mass is 460 g/mol. The van der Waals surface area contributed by atoms with Gasteiger partial charge in [0, 0.05) is 17.7 Å². The number of carbonyl (C=O) groups is 1. The molecule has 6 rings (SSSR count). The lowest BCUT2D eigenvalue weighted by Crippen LogP contribution is -2.21. The lowest BCUT2D eigenvalue weighted by atomic mass is 10.3. The number of carbonyl (C=O) groups excluding carboxylic acids is 1. The Balaban J connectivity index is 1.38. The number of H-pyrrole nitrogens is 1. The molecule has 10 nitrogen and oxygen atoms in total. The number of nitrogens with zero attached hydrogens (tertiary/aromatic N) is 4. The second-order valence-electron chi connectivity index (χ2n) is 7.48. The fourth-order valence-corrected chi connectivity index (χ4v) is 4.48. The SMILES string of the molecule is O=C(Nc1cc(-c2cccs2)nn1-c1nc2c(c(=O)[nH]1)CCC2)c1cc(-c2ccco2)on1. The van der Waals surface area contributed by atoms with Gasteiger partial charge in [-0.3, -0.25) is 14.6 Å². The minimum Gasteiger partial charge on any atom is -0.461 e. The van der Waals surface area contributed by atoms with Crippen LogP contribution in [0.4, 0.5) is 5.82 Å². The van der Waals surface area contributed by atoms with Crippen molar-refractivity contribution in [2.45, 2.75) is 19.3 Å². The average molecular weight is 460 g/mol. The van der Waals surface area contributed by atoms with Crippen molar-refractivity contribution in [3.8, 4) is 28.0 Å². The third kappa shape index (κ3) is 3.48. The van der Waals surface area contributed by atoms with Gasteiger partial charge in [0.15, 0.2) is 11.5 Å². The maximum absolute atomic E-state index is 12.9. The van der Waals surface area contributed by atoms with Gasteiger partial charge in [0.1, 0.15) is 11.5 Å². The summed E-state index contributed by atoms with van der Waals surface area (Å²) in [6, 6.07) is 10.5. The van der Waals surface area contributed by atoms with E-state index in [1.165, 1.54) is 28.3 Å². The van der Waals surface area contributed by atoms with Crippen LogP contribution in [0.25, 0.3) is 28.0 Å². The van der Waals surface area contributed by atoms with Crippen LogP contribution in [-0.2, 0) is 12.8 Å². The number of anilines is 1. The minimum atomic E-state index is -0.501. The molecule has 5 aromatic heterocycles. The quantitative estimate of drug-likeness (QED) is 0.409.